The first-order chi connectivity index (χ1) is 7.93. The van der Waals surface area contributed by atoms with Crippen LogP contribution in [0.5, 0.6) is 0 Å². The number of likely N-dealkylation sites (N-methyl/N-ethyl adjacent to an activating group) is 1. The number of carbonyl (C=O) groups excluding carboxylic acids is 1. The van der Waals surface area contributed by atoms with E-state index in [2.05, 4.69) is 5.43 Å². The van der Waals surface area contributed by atoms with Gasteiger partial charge in [-0.15, -0.1) is 0 Å². The standard InChI is InChI=1S/C10H20N4O3/c1-14(5-10(16)17)13-9(15)3-8(12)7-2-6(7)4-11/h6-8H,2-5,11-12H2,1H3,(H,13,15)(H,16,17)/t6-,7+,8-/m1/s1. The molecule has 98 valence electrons. The summed E-state index contributed by atoms with van der Waals surface area (Å²) in [7, 11) is 1.50. The molecule has 0 aromatic rings. The molecule has 1 fully saturated rings. The summed E-state index contributed by atoms with van der Waals surface area (Å²) < 4.78 is 0. The third kappa shape index (κ3) is 4.68. The van der Waals surface area contributed by atoms with Crippen LogP contribution in [0, 0.1) is 11.8 Å². The fourth-order valence-electron chi connectivity index (χ4n) is 1.93. The Bertz CT molecular complexity index is 297. The summed E-state index contributed by atoms with van der Waals surface area (Å²) in [6.45, 7) is 0.370. The van der Waals surface area contributed by atoms with Crippen molar-refractivity contribution >= 4 is 11.9 Å². The summed E-state index contributed by atoms with van der Waals surface area (Å²) in [6, 6.07) is -0.193. The van der Waals surface area contributed by atoms with E-state index in [4.69, 9.17) is 16.6 Å². The van der Waals surface area contributed by atoms with E-state index in [-0.39, 0.29) is 24.9 Å². The van der Waals surface area contributed by atoms with Gasteiger partial charge in [0.2, 0.25) is 5.91 Å². The normalized spacial score (nSPS) is 24.5. The average molecular weight is 244 g/mol. The van der Waals surface area contributed by atoms with E-state index in [9.17, 15) is 9.59 Å². The summed E-state index contributed by atoms with van der Waals surface area (Å²) >= 11 is 0. The van der Waals surface area contributed by atoms with Crippen molar-refractivity contribution in [3.8, 4) is 0 Å². The van der Waals surface area contributed by atoms with Crippen LogP contribution in [-0.4, -0.2) is 48.2 Å². The van der Waals surface area contributed by atoms with E-state index in [1.807, 2.05) is 0 Å². The van der Waals surface area contributed by atoms with Crippen LogP contribution in [0.15, 0.2) is 0 Å². The van der Waals surface area contributed by atoms with Crippen molar-refractivity contribution in [1.29, 1.82) is 0 Å². The Kier molecular flexibility index (Phi) is 4.86. The number of hydrogen-bond acceptors (Lipinski definition) is 5. The Morgan fingerprint density at radius 3 is 2.71 bits per heavy atom. The molecule has 0 aliphatic heterocycles. The molecule has 17 heavy (non-hydrogen) atoms. The number of nitrogens with two attached hydrogens (primary N) is 2. The Balaban J connectivity index is 2.23. The molecule has 0 aromatic carbocycles. The number of hydrazine groups is 1. The Hall–Kier alpha value is -1.18. The maximum absolute atomic E-state index is 11.5. The minimum atomic E-state index is -0.998. The van der Waals surface area contributed by atoms with E-state index in [0.29, 0.717) is 18.4 Å². The highest BCUT2D eigenvalue weighted by Gasteiger charge is 2.40. The SMILES string of the molecule is CN(CC(=O)O)NC(=O)C[C@@H](N)[C@H]1C[C@@H]1CN. The molecule has 0 saturated heterocycles. The molecule has 0 unspecified atom stereocenters. The number of carboxylic acid groups (broad SMARTS) is 1. The van der Waals surface area contributed by atoms with Crippen LogP contribution in [0.3, 0.4) is 0 Å². The van der Waals surface area contributed by atoms with E-state index in [0.717, 1.165) is 6.42 Å². The average Bonchev–Trinajstić information content (AvgIpc) is 2.94. The van der Waals surface area contributed by atoms with Gasteiger partial charge < -0.3 is 16.6 Å². The fourth-order valence-corrected chi connectivity index (χ4v) is 1.93. The number of aliphatic carboxylic acids is 1. The van der Waals surface area contributed by atoms with Gasteiger partial charge in [-0.3, -0.25) is 15.0 Å². The maximum atomic E-state index is 11.5. The zero-order valence-electron chi connectivity index (χ0n) is 9.93. The maximum Gasteiger partial charge on any atom is 0.319 e. The molecule has 1 aliphatic carbocycles. The van der Waals surface area contributed by atoms with Gasteiger partial charge in [0.1, 0.15) is 6.54 Å². The van der Waals surface area contributed by atoms with Gasteiger partial charge in [0.25, 0.3) is 0 Å². The zero-order valence-corrected chi connectivity index (χ0v) is 9.93. The smallest absolute Gasteiger partial charge is 0.319 e. The van der Waals surface area contributed by atoms with Crippen LogP contribution in [-0.2, 0) is 9.59 Å². The van der Waals surface area contributed by atoms with Gasteiger partial charge in [0, 0.05) is 19.5 Å². The van der Waals surface area contributed by atoms with Crippen LogP contribution >= 0.6 is 0 Å². The zero-order chi connectivity index (χ0) is 13.0. The quantitative estimate of drug-likeness (QED) is 0.398. The fraction of sp³-hybridized carbons (Fsp3) is 0.800. The van der Waals surface area contributed by atoms with E-state index < -0.39 is 5.97 Å². The van der Waals surface area contributed by atoms with Crippen LogP contribution in [0.4, 0.5) is 0 Å². The van der Waals surface area contributed by atoms with E-state index in [1.165, 1.54) is 12.1 Å². The highest BCUT2D eigenvalue weighted by molar-refractivity contribution is 5.77. The molecule has 1 amide bonds. The van der Waals surface area contributed by atoms with Gasteiger partial charge in [-0.2, -0.15) is 0 Å². The van der Waals surface area contributed by atoms with Crippen LogP contribution < -0.4 is 16.9 Å². The number of hydrogen-bond donors (Lipinski definition) is 4. The van der Waals surface area contributed by atoms with Crippen molar-refractivity contribution in [2.24, 2.45) is 23.3 Å². The molecule has 0 aromatic heterocycles. The molecule has 0 heterocycles. The van der Waals surface area contributed by atoms with Crippen molar-refractivity contribution in [3.05, 3.63) is 0 Å². The van der Waals surface area contributed by atoms with Gasteiger partial charge in [-0.05, 0) is 24.8 Å². The molecule has 0 bridgehead atoms. The number of nitrogens with zero attached hydrogens (tertiary/aromatic N) is 1. The van der Waals surface area contributed by atoms with Gasteiger partial charge in [0.15, 0.2) is 0 Å². The van der Waals surface area contributed by atoms with Crippen molar-refractivity contribution in [1.82, 2.24) is 10.4 Å². The lowest BCUT2D eigenvalue weighted by Gasteiger charge is -2.17. The topological polar surface area (TPSA) is 122 Å². The number of carboxylic acids is 1. The Morgan fingerprint density at radius 2 is 2.24 bits per heavy atom. The minimum absolute atomic E-state index is 0.193. The molecular weight excluding hydrogens is 224 g/mol. The van der Waals surface area contributed by atoms with Crippen LogP contribution in [0.25, 0.3) is 0 Å². The molecule has 1 aliphatic rings. The molecule has 1 rings (SSSR count). The second kappa shape index (κ2) is 5.95. The first kappa shape index (κ1) is 13.9. The molecule has 0 spiro atoms. The summed E-state index contributed by atoms with van der Waals surface area (Å²) in [5.74, 6) is -0.489. The molecule has 6 N–H and O–H groups in total. The lowest BCUT2D eigenvalue weighted by Crippen LogP contribution is -2.44. The van der Waals surface area contributed by atoms with Gasteiger partial charge in [-0.25, -0.2) is 5.01 Å². The summed E-state index contributed by atoms with van der Waals surface area (Å²) in [5, 5.41) is 9.74. The van der Waals surface area contributed by atoms with E-state index in [1.54, 1.807) is 0 Å². The molecule has 7 nitrogen and oxygen atoms in total. The predicted molar refractivity (Wildman–Crippen MR) is 61.7 cm³/mol. The highest BCUT2D eigenvalue weighted by Crippen LogP contribution is 2.40. The second-order valence-electron chi connectivity index (χ2n) is 4.55. The highest BCUT2D eigenvalue weighted by atomic mass is 16.4. The van der Waals surface area contributed by atoms with Gasteiger partial charge >= 0.3 is 5.97 Å². The number of amides is 1. The van der Waals surface area contributed by atoms with Crippen molar-refractivity contribution < 1.29 is 14.7 Å². The van der Waals surface area contributed by atoms with Crippen LogP contribution in [0.2, 0.25) is 0 Å². The Labute approximate surface area is 100 Å². The summed E-state index contributed by atoms with van der Waals surface area (Å²) in [4.78, 5) is 21.9. The van der Waals surface area contributed by atoms with E-state index >= 15 is 0 Å². The molecule has 3 atom stereocenters. The largest absolute Gasteiger partial charge is 0.480 e. The second-order valence-corrected chi connectivity index (χ2v) is 4.55. The number of rotatable bonds is 7. The van der Waals surface area contributed by atoms with Gasteiger partial charge in [-0.1, -0.05) is 0 Å². The lowest BCUT2D eigenvalue weighted by molar-refractivity contribution is -0.139. The molecular formula is C10H20N4O3. The molecule has 0 radical (unpaired) electrons. The molecule has 7 heteroatoms. The van der Waals surface area contributed by atoms with Crippen LogP contribution in [0.1, 0.15) is 12.8 Å². The van der Waals surface area contributed by atoms with Crippen molar-refractivity contribution in [2.75, 3.05) is 20.1 Å². The van der Waals surface area contributed by atoms with Crippen molar-refractivity contribution in [2.45, 2.75) is 18.9 Å². The summed E-state index contributed by atoms with van der Waals surface area (Å²) in [5.41, 5.74) is 13.8. The monoisotopic (exact) mass is 244 g/mol. The predicted octanol–water partition coefficient (Wildman–Crippen LogP) is -1.65. The number of carbonyl (C=O) groups is 2. The molecule has 1 saturated carbocycles. The van der Waals surface area contributed by atoms with Gasteiger partial charge in [0.05, 0.1) is 0 Å². The number of nitrogens with one attached hydrogen (secondary N) is 1. The lowest BCUT2D eigenvalue weighted by atomic mass is 10.1. The summed E-state index contributed by atoms with van der Waals surface area (Å²) in [6.07, 6.45) is 1.18. The third-order valence-corrected chi connectivity index (χ3v) is 2.94. The first-order valence-electron chi connectivity index (χ1n) is 5.62. The van der Waals surface area contributed by atoms with Crippen molar-refractivity contribution in [3.63, 3.8) is 0 Å². The third-order valence-electron chi connectivity index (χ3n) is 2.94. The first-order valence-corrected chi connectivity index (χ1v) is 5.62. The Morgan fingerprint density at radius 1 is 1.59 bits per heavy atom. The minimum Gasteiger partial charge on any atom is -0.480 e.